The van der Waals surface area contributed by atoms with Crippen molar-refractivity contribution >= 4 is 30.1 Å². The monoisotopic (exact) mass is 458 g/mol. The molecule has 0 radical (unpaired) electrons. The molecular formula is C21H22N4O8. The number of hydrogen-bond donors (Lipinski definition) is 3. The van der Waals surface area contributed by atoms with E-state index in [1.807, 2.05) is 30.3 Å². The van der Waals surface area contributed by atoms with Crippen LogP contribution in [0.5, 0.6) is 0 Å². The Morgan fingerprint density at radius 1 is 1.06 bits per heavy atom. The summed E-state index contributed by atoms with van der Waals surface area (Å²) in [5.41, 5.74) is -0.526. The second kappa shape index (κ2) is 7.09. The number of nitrogens with zero attached hydrogens (tertiary/aromatic N) is 3. The number of nitrogens with one attached hydrogen (secondary N) is 1. The molecule has 0 aromatic heterocycles. The molecular weight excluding hydrogens is 436 g/mol. The van der Waals surface area contributed by atoms with E-state index in [-0.39, 0.29) is 19.7 Å². The number of hydrogen-bond acceptors (Lipinski definition) is 6. The Labute approximate surface area is 187 Å². The minimum absolute atomic E-state index is 0.0624. The highest BCUT2D eigenvalue weighted by Gasteiger charge is 2.76. The Morgan fingerprint density at radius 3 is 2.33 bits per heavy atom. The third kappa shape index (κ3) is 3.08. The molecule has 174 valence electrons. The highest BCUT2D eigenvalue weighted by molar-refractivity contribution is 6.08. The van der Waals surface area contributed by atoms with Gasteiger partial charge in [0.25, 0.3) is 5.91 Å². The van der Waals surface area contributed by atoms with Gasteiger partial charge >= 0.3 is 24.2 Å². The quantitative estimate of drug-likeness (QED) is 0.544. The minimum Gasteiger partial charge on any atom is -0.480 e. The van der Waals surface area contributed by atoms with E-state index in [9.17, 15) is 34.2 Å². The molecule has 1 aromatic carbocycles. The van der Waals surface area contributed by atoms with Crippen LogP contribution >= 0.6 is 0 Å². The van der Waals surface area contributed by atoms with Crippen LogP contribution in [0.1, 0.15) is 24.8 Å². The number of carboxylic acids is 1. The van der Waals surface area contributed by atoms with Gasteiger partial charge in [-0.1, -0.05) is 30.3 Å². The highest BCUT2D eigenvalue weighted by atomic mass is 16.5. The maximum Gasteiger partial charge on any atom is 0.408 e. The number of ether oxygens (including phenoxy) is 1. The summed E-state index contributed by atoms with van der Waals surface area (Å²) in [6.45, 7) is -0.140. The zero-order valence-electron chi connectivity index (χ0n) is 17.5. The molecule has 2 heterocycles. The number of carbonyl (C=O) groups is 5. The molecule has 2 bridgehead atoms. The van der Waals surface area contributed by atoms with Gasteiger partial charge in [0.2, 0.25) is 0 Å². The number of amides is 5. The van der Waals surface area contributed by atoms with Crippen molar-refractivity contribution in [2.45, 2.75) is 49.0 Å². The standard InChI is InChI=1S/C21H22N4O8/c26-15-13-14(16(27)28)24(19(31)32)7-6-23(13)18(30)25(15)21-9-20(10-21,11-21)22-17(29)33-8-12-4-2-1-3-5-12/h1-5,13-14H,6-11H2,(H,22,29)(H,27,28)(H,31,32)/t13-,14-,20?,21?/m0/s1. The molecule has 3 N–H and O–H groups in total. The number of benzene rings is 1. The minimum atomic E-state index is -1.66. The van der Waals surface area contributed by atoms with E-state index >= 15 is 0 Å². The van der Waals surface area contributed by atoms with Crippen LogP contribution in [0.25, 0.3) is 0 Å². The molecule has 3 aliphatic carbocycles. The van der Waals surface area contributed by atoms with E-state index in [0.29, 0.717) is 24.2 Å². The number of piperazine rings is 1. The first-order chi connectivity index (χ1) is 15.7. The van der Waals surface area contributed by atoms with Gasteiger partial charge in [-0.05, 0) is 24.8 Å². The van der Waals surface area contributed by atoms with E-state index in [2.05, 4.69) is 5.32 Å². The number of rotatable bonds is 5. The largest absolute Gasteiger partial charge is 0.480 e. The van der Waals surface area contributed by atoms with E-state index in [0.717, 1.165) is 15.4 Å². The molecule has 1 aromatic rings. The number of alkyl carbamates (subject to hydrolysis) is 1. The van der Waals surface area contributed by atoms with E-state index < -0.39 is 53.3 Å². The summed E-state index contributed by atoms with van der Waals surface area (Å²) in [5.74, 6) is -2.19. The maximum absolute atomic E-state index is 13.2. The van der Waals surface area contributed by atoms with Crippen LogP contribution in [0.4, 0.5) is 14.4 Å². The molecule has 5 fully saturated rings. The van der Waals surface area contributed by atoms with Gasteiger partial charge in [-0.15, -0.1) is 0 Å². The lowest BCUT2D eigenvalue weighted by molar-refractivity contribution is -0.172. The Morgan fingerprint density at radius 2 is 1.73 bits per heavy atom. The van der Waals surface area contributed by atoms with Crippen molar-refractivity contribution in [1.82, 2.24) is 20.0 Å². The SMILES string of the molecule is O=C(NC12CC(N3C(=O)[C@@H]4[C@@H](C(=O)O)N(C(=O)O)CCN4C3=O)(C1)C2)OCc1ccccc1. The summed E-state index contributed by atoms with van der Waals surface area (Å²) in [5, 5.41) is 21.7. The van der Waals surface area contributed by atoms with Gasteiger partial charge in [0.15, 0.2) is 6.04 Å². The Kier molecular flexibility index (Phi) is 4.52. The van der Waals surface area contributed by atoms with Crippen LogP contribution in [0.15, 0.2) is 30.3 Å². The number of urea groups is 1. The van der Waals surface area contributed by atoms with Gasteiger partial charge in [-0.2, -0.15) is 0 Å². The van der Waals surface area contributed by atoms with E-state index in [1.165, 1.54) is 0 Å². The van der Waals surface area contributed by atoms with Crippen LogP contribution in [0.2, 0.25) is 0 Å². The molecule has 5 aliphatic rings. The van der Waals surface area contributed by atoms with Gasteiger partial charge in [-0.3, -0.25) is 14.6 Å². The summed E-state index contributed by atoms with van der Waals surface area (Å²) in [6, 6.07) is 5.53. The molecule has 2 saturated heterocycles. The third-order valence-corrected chi connectivity index (χ3v) is 7.02. The molecule has 12 nitrogen and oxygen atoms in total. The van der Waals surface area contributed by atoms with Crippen molar-refractivity contribution < 1.29 is 38.9 Å². The van der Waals surface area contributed by atoms with Gasteiger partial charge < -0.3 is 25.2 Å². The average molecular weight is 458 g/mol. The lowest BCUT2D eigenvalue weighted by atomic mass is 9.43. The van der Waals surface area contributed by atoms with Crippen molar-refractivity contribution in [2.75, 3.05) is 13.1 Å². The summed E-state index contributed by atoms with van der Waals surface area (Å²) in [7, 11) is 0. The number of carboxylic acid groups (broad SMARTS) is 2. The lowest BCUT2D eigenvalue weighted by Gasteiger charge is -2.71. The lowest BCUT2D eigenvalue weighted by Crippen LogP contribution is -2.84. The second-order valence-electron chi connectivity index (χ2n) is 9.08. The first-order valence-electron chi connectivity index (χ1n) is 10.5. The zero-order valence-corrected chi connectivity index (χ0v) is 17.5. The first-order valence-corrected chi connectivity index (χ1v) is 10.5. The van der Waals surface area contributed by atoms with E-state index in [1.54, 1.807) is 0 Å². The number of carbonyl (C=O) groups excluding carboxylic acids is 3. The van der Waals surface area contributed by atoms with Crippen molar-refractivity contribution in [3.8, 4) is 0 Å². The summed E-state index contributed by atoms with van der Waals surface area (Å²) in [4.78, 5) is 64.5. The average Bonchev–Trinajstić information content (AvgIpc) is 2.98. The molecule has 12 heteroatoms. The van der Waals surface area contributed by atoms with Crippen molar-refractivity contribution in [3.05, 3.63) is 35.9 Å². The number of fused-ring (bicyclic) bond motifs is 1. The van der Waals surface area contributed by atoms with E-state index in [4.69, 9.17) is 4.74 Å². The van der Waals surface area contributed by atoms with Crippen LogP contribution in [-0.4, -0.2) is 91.3 Å². The molecule has 5 amide bonds. The van der Waals surface area contributed by atoms with Gasteiger partial charge in [0, 0.05) is 13.1 Å². The van der Waals surface area contributed by atoms with Gasteiger partial charge in [0.05, 0.1) is 11.1 Å². The first kappa shape index (κ1) is 21.0. The van der Waals surface area contributed by atoms with Crippen LogP contribution < -0.4 is 5.32 Å². The predicted molar refractivity (Wildman–Crippen MR) is 108 cm³/mol. The topological polar surface area (TPSA) is 157 Å². The summed E-state index contributed by atoms with van der Waals surface area (Å²) in [6.07, 6.45) is -1.01. The summed E-state index contributed by atoms with van der Waals surface area (Å²) < 4.78 is 5.24. The second-order valence-corrected chi connectivity index (χ2v) is 9.08. The molecule has 0 spiro atoms. The molecule has 0 unspecified atom stereocenters. The van der Waals surface area contributed by atoms with Crippen LogP contribution in [-0.2, 0) is 20.9 Å². The van der Waals surface area contributed by atoms with Gasteiger partial charge in [-0.25, -0.2) is 19.2 Å². The Hall–Kier alpha value is -3.83. The van der Waals surface area contributed by atoms with Crippen molar-refractivity contribution in [2.24, 2.45) is 0 Å². The number of imide groups is 1. The normalized spacial score (nSPS) is 31.9. The van der Waals surface area contributed by atoms with Crippen molar-refractivity contribution in [1.29, 1.82) is 0 Å². The maximum atomic E-state index is 13.2. The number of aliphatic carboxylic acids is 1. The fourth-order valence-corrected chi connectivity index (χ4v) is 5.67. The smallest absolute Gasteiger partial charge is 0.408 e. The Balaban J connectivity index is 1.24. The molecule has 2 aliphatic heterocycles. The molecule has 33 heavy (non-hydrogen) atoms. The van der Waals surface area contributed by atoms with Gasteiger partial charge in [0.1, 0.15) is 12.6 Å². The fraction of sp³-hybridized carbons (Fsp3) is 0.476. The Bertz CT molecular complexity index is 1040. The molecule has 6 rings (SSSR count). The van der Waals surface area contributed by atoms with Crippen LogP contribution in [0, 0.1) is 0 Å². The highest BCUT2D eigenvalue weighted by Crippen LogP contribution is 2.64. The molecule has 3 saturated carbocycles. The van der Waals surface area contributed by atoms with Crippen LogP contribution in [0.3, 0.4) is 0 Å². The van der Waals surface area contributed by atoms with Crippen molar-refractivity contribution in [3.63, 3.8) is 0 Å². The predicted octanol–water partition coefficient (Wildman–Crippen LogP) is 0.668. The summed E-state index contributed by atoms with van der Waals surface area (Å²) >= 11 is 0. The fourth-order valence-electron chi connectivity index (χ4n) is 5.67. The third-order valence-electron chi connectivity index (χ3n) is 7.02. The molecule has 2 atom stereocenters. The zero-order chi connectivity index (χ0) is 23.5.